The lowest BCUT2D eigenvalue weighted by atomic mass is 10.7. The largest absolute Gasteiger partial charge is 0.479 e. The van der Waals surface area contributed by atoms with Gasteiger partial charge in [0.2, 0.25) is 0 Å². The Balaban J connectivity index is 3.76. The van der Waals surface area contributed by atoms with Gasteiger partial charge in [0.25, 0.3) is 0 Å². The lowest BCUT2D eigenvalue weighted by Crippen LogP contribution is -2.33. The quantitative estimate of drug-likeness (QED) is 0.402. The van der Waals surface area contributed by atoms with E-state index in [-0.39, 0.29) is 13.1 Å². The van der Waals surface area contributed by atoms with Crippen LogP contribution >= 0.6 is 0 Å². The zero-order chi connectivity index (χ0) is 11.0. The highest BCUT2D eigenvalue weighted by molar-refractivity contribution is 5.68. The standard InChI is InChI=1S/C6H12N2O6/c7-1-2-8(13-3-5(9)10)14-4-6(11)12/h1-4,7H2,(H,9,10)(H,11,12). The van der Waals surface area contributed by atoms with Crippen LogP contribution in [-0.4, -0.2) is 53.7 Å². The first kappa shape index (κ1) is 12.8. The highest BCUT2D eigenvalue weighted by Crippen LogP contribution is 1.91. The minimum Gasteiger partial charge on any atom is -0.479 e. The van der Waals surface area contributed by atoms with Crippen LogP contribution in [0, 0.1) is 0 Å². The molecule has 0 bridgehead atoms. The molecule has 0 heterocycles. The number of carbonyl (C=O) groups is 2. The maximum absolute atomic E-state index is 10.1. The van der Waals surface area contributed by atoms with Gasteiger partial charge >= 0.3 is 11.9 Å². The van der Waals surface area contributed by atoms with E-state index in [0.29, 0.717) is 0 Å². The average Bonchev–Trinajstić information content (AvgIpc) is 2.09. The highest BCUT2D eigenvalue weighted by Gasteiger charge is 2.09. The molecule has 0 saturated heterocycles. The Morgan fingerprint density at radius 2 is 1.57 bits per heavy atom. The van der Waals surface area contributed by atoms with Crippen molar-refractivity contribution in [3.8, 4) is 0 Å². The van der Waals surface area contributed by atoms with Gasteiger partial charge in [-0.25, -0.2) is 9.59 Å². The molecular formula is C6H12N2O6. The topological polar surface area (TPSA) is 122 Å². The molecule has 14 heavy (non-hydrogen) atoms. The minimum atomic E-state index is -1.19. The maximum atomic E-state index is 10.1. The van der Waals surface area contributed by atoms with Crippen molar-refractivity contribution in [1.29, 1.82) is 0 Å². The van der Waals surface area contributed by atoms with E-state index >= 15 is 0 Å². The Bertz CT molecular complexity index is 179. The third-order valence-corrected chi connectivity index (χ3v) is 0.976. The first-order valence-corrected chi connectivity index (χ1v) is 3.73. The maximum Gasteiger partial charge on any atom is 0.331 e. The number of aliphatic carboxylic acids is 2. The molecule has 8 nitrogen and oxygen atoms in total. The first-order chi connectivity index (χ1) is 6.56. The summed E-state index contributed by atoms with van der Waals surface area (Å²) in [5.74, 6) is -2.38. The van der Waals surface area contributed by atoms with Crippen LogP contribution < -0.4 is 5.73 Å². The van der Waals surface area contributed by atoms with Gasteiger partial charge in [-0.15, -0.1) is 0 Å². The van der Waals surface area contributed by atoms with Crippen molar-refractivity contribution in [3.05, 3.63) is 0 Å². The predicted octanol–water partition coefficient (Wildman–Crippen LogP) is -1.72. The monoisotopic (exact) mass is 208 g/mol. The molecule has 0 aliphatic carbocycles. The molecule has 0 aromatic rings. The van der Waals surface area contributed by atoms with Gasteiger partial charge in [0, 0.05) is 6.54 Å². The van der Waals surface area contributed by atoms with E-state index in [9.17, 15) is 9.59 Å². The molecule has 0 aromatic heterocycles. The molecular weight excluding hydrogens is 196 g/mol. The molecule has 4 N–H and O–H groups in total. The van der Waals surface area contributed by atoms with Crippen LogP contribution in [0.5, 0.6) is 0 Å². The van der Waals surface area contributed by atoms with Gasteiger partial charge in [-0.1, -0.05) is 5.23 Å². The van der Waals surface area contributed by atoms with Gasteiger partial charge in [0.1, 0.15) is 0 Å². The van der Waals surface area contributed by atoms with Crippen molar-refractivity contribution in [3.63, 3.8) is 0 Å². The number of rotatable bonds is 8. The molecule has 0 rings (SSSR count). The van der Waals surface area contributed by atoms with Gasteiger partial charge in [0.05, 0.1) is 6.54 Å². The van der Waals surface area contributed by atoms with Crippen LogP contribution in [0.2, 0.25) is 0 Å². The number of carboxylic acid groups (broad SMARTS) is 2. The summed E-state index contributed by atoms with van der Waals surface area (Å²) in [5.41, 5.74) is 5.15. The zero-order valence-electron chi connectivity index (χ0n) is 7.38. The van der Waals surface area contributed by atoms with Gasteiger partial charge in [-0.2, -0.15) is 0 Å². The van der Waals surface area contributed by atoms with Crippen LogP contribution in [0.15, 0.2) is 0 Å². The summed E-state index contributed by atoms with van der Waals surface area (Å²) in [5, 5.41) is 17.2. The lowest BCUT2D eigenvalue weighted by Gasteiger charge is -2.17. The van der Waals surface area contributed by atoms with E-state index < -0.39 is 25.2 Å². The summed E-state index contributed by atoms with van der Waals surface area (Å²) in [6.07, 6.45) is 0. The summed E-state index contributed by atoms with van der Waals surface area (Å²) < 4.78 is 0. The van der Waals surface area contributed by atoms with E-state index in [4.69, 9.17) is 15.9 Å². The molecule has 0 radical (unpaired) electrons. The molecule has 82 valence electrons. The van der Waals surface area contributed by atoms with Crippen LogP contribution in [0.25, 0.3) is 0 Å². The van der Waals surface area contributed by atoms with Gasteiger partial charge in [-0.05, 0) is 0 Å². The molecule has 0 aliphatic heterocycles. The number of hydrogen-bond donors (Lipinski definition) is 3. The molecule has 8 heteroatoms. The number of nitrogens with two attached hydrogens (primary N) is 1. The Labute approximate surface area is 79.7 Å². The average molecular weight is 208 g/mol. The summed E-state index contributed by atoms with van der Waals surface area (Å²) in [4.78, 5) is 29.3. The molecule has 0 unspecified atom stereocenters. The van der Waals surface area contributed by atoms with Crippen molar-refractivity contribution in [2.75, 3.05) is 26.3 Å². The van der Waals surface area contributed by atoms with E-state index in [2.05, 4.69) is 9.68 Å². The van der Waals surface area contributed by atoms with E-state index in [0.717, 1.165) is 5.23 Å². The molecule has 0 fully saturated rings. The SMILES string of the molecule is NCCN(OCC(=O)O)OCC(=O)O. The van der Waals surface area contributed by atoms with Gasteiger partial charge in [0.15, 0.2) is 13.2 Å². The third kappa shape index (κ3) is 7.43. The fourth-order valence-electron chi connectivity index (χ4n) is 0.526. The smallest absolute Gasteiger partial charge is 0.331 e. The minimum absolute atomic E-state index is 0.0839. The highest BCUT2D eigenvalue weighted by atomic mass is 17.0. The fourth-order valence-corrected chi connectivity index (χ4v) is 0.526. The molecule has 0 aromatic carbocycles. The van der Waals surface area contributed by atoms with Gasteiger partial charge in [-0.3, -0.25) is 9.68 Å². The van der Waals surface area contributed by atoms with E-state index in [1.807, 2.05) is 0 Å². The molecule has 0 amide bonds. The van der Waals surface area contributed by atoms with Crippen LogP contribution in [0.4, 0.5) is 0 Å². The van der Waals surface area contributed by atoms with E-state index in [1.165, 1.54) is 0 Å². The summed E-state index contributed by atoms with van der Waals surface area (Å²) in [6, 6.07) is 0. The normalized spacial score (nSPS) is 10.4. The number of carboxylic acids is 2. The van der Waals surface area contributed by atoms with Gasteiger partial charge < -0.3 is 15.9 Å². The molecule has 0 atom stereocenters. The number of hydroxylamine groups is 2. The Hall–Kier alpha value is -1.22. The second-order valence-electron chi connectivity index (χ2n) is 2.18. The molecule has 0 aliphatic rings. The zero-order valence-corrected chi connectivity index (χ0v) is 7.38. The van der Waals surface area contributed by atoms with Crippen LogP contribution in [0.1, 0.15) is 0 Å². The van der Waals surface area contributed by atoms with Crippen LogP contribution in [-0.2, 0) is 19.3 Å². The Morgan fingerprint density at radius 3 is 1.86 bits per heavy atom. The van der Waals surface area contributed by atoms with Crippen molar-refractivity contribution in [2.45, 2.75) is 0 Å². The Morgan fingerprint density at radius 1 is 1.14 bits per heavy atom. The second kappa shape index (κ2) is 7.21. The van der Waals surface area contributed by atoms with E-state index in [1.54, 1.807) is 0 Å². The van der Waals surface area contributed by atoms with Crippen molar-refractivity contribution < 1.29 is 29.5 Å². The second-order valence-corrected chi connectivity index (χ2v) is 2.18. The summed E-state index contributed by atoms with van der Waals surface area (Å²) in [6.45, 7) is -0.987. The van der Waals surface area contributed by atoms with Crippen LogP contribution in [0.3, 0.4) is 0 Å². The molecule has 0 spiro atoms. The molecule has 0 saturated carbocycles. The number of hydrogen-bond acceptors (Lipinski definition) is 6. The van der Waals surface area contributed by atoms with Crippen molar-refractivity contribution >= 4 is 11.9 Å². The van der Waals surface area contributed by atoms with Crippen molar-refractivity contribution in [2.24, 2.45) is 5.73 Å². The van der Waals surface area contributed by atoms with Crippen molar-refractivity contribution in [1.82, 2.24) is 5.23 Å². The summed E-state index contributed by atoms with van der Waals surface area (Å²) in [7, 11) is 0. The lowest BCUT2D eigenvalue weighted by molar-refractivity contribution is -0.361. The fraction of sp³-hybridized carbons (Fsp3) is 0.667. The third-order valence-electron chi connectivity index (χ3n) is 0.976. The Kier molecular flexibility index (Phi) is 6.58. The predicted molar refractivity (Wildman–Crippen MR) is 42.9 cm³/mol. The summed E-state index contributed by atoms with van der Waals surface area (Å²) >= 11 is 0. The number of nitrogens with zero attached hydrogens (tertiary/aromatic N) is 1. The first-order valence-electron chi connectivity index (χ1n) is 3.73.